The van der Waals surface area contributed by atoms with E-state index in [9.17, 15) is 29.3 Å². The van der Waals surface area contributed by atoms with Gasteiger partial charge < -0.3 is 20.8 Å². The molecule has 1 unspecified atom stereocenters. The van der Waals surface area contributed by atoms with Crippen LogP contribution in [0.15, 0.2) is 24.3 Å². The zero-order valence-corrected chi connectivity index (χ0v) is 39.3. The first-order valence-corrected chi connectivity index (χ1v) is 26.2. The quantitative estimate of drug-likeness (QED) is 0.0202. The zero-order chi connectivity index (χ0) is 43.6. The normalized spacial score (nSPS) is 13.8. The number of Topliss-reactive ketones (excluding diaryl/α,β-unsaturated/α-hetero) is 2. The first-order valence-electron chi connectivity index (χ1n) is 24.7. The Kier molecular flexibility index (Phi) is 41.3. The number of phosphoric ester groups is 1. The number of allylic oxidation sites excluding steroid dienone is 4. The number of phosphoric acid groups is 1. The van der Waals surface area contributed by atoms with Crippen LogP contribution in [0.2, 0.25) is 0 Å². The van der Waals surface area contributed by atoms with E-state index in [0.29, 0.717) is 12.8 Å². The van der Waals surface area contributed by atoms with Crippen LogP contribution in [-0.4, -0.2) is 58.1 Å². The number of carbonyl (C=O) groups is 2. The predicted molar refractivity (Wildman–Crippen MR) is 248 cm³/mol. The standard InChI is InChI=1S/C49H94NO8P/c1-3-5-7-9-11-13-15-17-19-21-23-25-27-29-31-33-35-37-39-41-46(52)49(48(54)45-51,58-59(55,56)57-44-43-50)47(53)42-40-38-36-34-32-30-28-26-24-22-20-18-16-14-12-10-8-6-4-2/h17-20,48,51,54H,3-16,21-45,50H2,1-2H3,(H,55,56)/b19-17-,20-18-/t48-/m0/s1. The highest BCUT2D eigenvalue weighted by Crippen LogP contribution is 2.49. The minimum Gasteiger partial charge on any atom is -0.394 e. The van der Waals surface area contributed by atoms with Crippen LogP contribution in [0.4, 0.5) is 0 Å². The Morgan fingerprint density at radius 1 is 0.542 bits per heavy atom. The number of hydrogen-bond donors (Lipinski definition) is 4. The zero-order valence-electron chi connectivity index (χ0n) is 38.4. The fourth-order valence-corrected chi connectivity index (χ4v) is 8.77. The minimum absolute atomic E-state index is 0.0846. The lowest BCUT2D eigenvalue weighted by Gasteiger charge is -2.35. The van der Waals surface area contributed by atoms with Crippen LogP contribution in [0.5, 0.6) is 0 Å². The second kappa shape index (κ2) is 42.1. The van der Waals surface area contributed by atoms with Crippen molar-refractivity contribution in [1.82, 2.24) is 0 Å². The Hall–Kier alpha value is -1.19. The number of hydrogen-bond acceptors (Lipinski definition) is 8. The fraction of sp³-hybridized carbons (Fsp3) is 0.878. The average molecular weight is 856 g/mol. The molecule has 0 fully saturated rings. The van der Waals surface area contributed by atoms with Crippen LogP contribution < -0.4 is 5.73 Å². The van der Waals surface area contributed by atoms with E-state index < -0.39 is 37.7 Å². The Bertz CT molecular complexity index is 1010. The van der Waals surface area contributed by atoms with Crippen LogP contribution in [0.1, 0.15) is 245 Å². The van der Waals surface area contributed by atoms with E-state index in [1.54, 1.807) is 0 Å². The van der Waals surface area contributed by atoms with E-state index >= 15 is 0 Å². The molecule has 10 heteroatoms. The maximum atomic E-state index is 13.7. The maximum Gasteiger partial charge on any atom is 0.473 e. The lowest BCUT2D eigenvalue weighted by atomic mass is 9.82. The van der Waals surface area contributed by atoms with Crippen molar-refractivity contribution in [1.29, 1.82) is 0 Å². The van der Waals surface area contributed by atoms with Crippen LogP contribution >= 0.6 is 7.82 Å². The molecule has 9 nitrogen and oxygen atoms in total. The van der Waals surface area contributed by atoms with Gasteiger partial charge in [0.15, 0.2) is 11.6 Å². The van der Waals surface area contributed by atoms with E-state index in [1.807, 2.05) is 0 Å². The van der Waals surface area contributed by atoms with E-state index in [-0.39, 0.29) is 26.0 Å². The second-order valence-corrected chi connectivity index (χ2v) is 18.3. The number of aliphatic hydroxyl groups excluding tert-OH is 2. The molecule has 0 aromatic rings. The van der Waals surface area contributed by atoms with Crippen LogP contribution in [0, 0.1) is 0 Å². The molecule has 0 heterocycles. The van der Waals surface area contributed by atoms with E-state index in [1.165, 1.54) is 141 Å². The smallest absolute Gasteiger partial charge is 0.394 e. The third-order valence-corrected chi connectivity index (χ3v) is 12.5. The summed E-state index contributed by atoms with van der Waals surface area (Å²) in [6.45, 7) is 3.10. The van der Waals surface area contributed by atoms with Crippen LogP contribution in [0.25, 0.3) is 0 Å². The van der Waals surface area contributed by atoms with Gasteiger partial charge in [0.25, 0.3) is 0 Å². The van der Waals surface area contributed by atoms with Crippen molar-refractivity contribution in [3.63, 3.8) is 0 Å². The van der Waals surface area contributed by atoms with Gasteiger partial charge >= 0.3 is 7.82 Å². The Balaban J connectivity index is 4.54. The third kappa shape index (κ3) is 33.1. The van der Waals surface area contributed by atoms with Crippen molar-refractivity contribution in [2.75, 3.05) is 19.8 Å². The van der Waals surface area contributed by atoms with Gasteiger partial charge in [0.1, 0.15) is 6.10 Å². The molecule has 5 N–H and O–H groups in total. The molecule has 0 saturated carbocycles. The predicted octanol–water partition coefficient (Wildman–Crippen LogP) is 13.5. The van der Waals surface area contributed by atoms with Gasteiger partial charge in [0.05, 0.1) is 13.2 Å². The number of nitrogens with two attached hydrogens (primary N) is 1. The highest BCUT2D eigenvalue weighted by atomic mass is 31.2. The largest absolute Gasteiger partial charge is 0.473 e. The van der Waals surface area contributed by atoms with Gasteiger partial charge in [-0.3, -0.25) is 18.6 Å². The number of rotatable bonds is 47. The summed E-state index contributed by atoms with van der Waals surface area (Å²) in [5, 5.41) is 20.8. The van der Waals surface area contributed by atoms with Crippen molar-refractivity contribution in [2.24, 2.45) is 5.73 Å². The third-order valence-electron chi connectivity index (χ3n) is 11.4. The minimum atomic E-state index is -4.96. The van der Waals surface area contributed by atoms with Crippen LogP contribution in [0.3, 0.4) is 0 Å². The van der Waals surface area contributed by atoms with Gasteiger partial charge in [-0.15, -0.1) is 0 Å². The second-order valence-electron chi connectivity index (χ2n) is 17.0. The molecule has 59 heavy (non-hydrogen) atoms. The van der Waals surface area contributed by atoms with Gasteiger partial charge in [-0.1, -0.05) is 192 Å². The number of carbonyl (C=O) groups excluding carboxylic acids is 2. The fourth-order valence-electron chi connectivity index (χ4n) is 7.69. The molecular weight excluding hydrogens is 762 g/mol. The van der Waals surface area contributed by atoms with E-state index in [4.69, 9.17) is 14.8 Å². The molecule has 0 spiro atoms. The molecule has 0 rings (SSSR count). The molecule has 0 aromatic heterocycles. The summed E-state index contributed by atoms with van der Waals surface area (Å²) in [5.41, 5.74) is 2.75. The van der Waals surface area contributed by atoms with Crippen molar-refractivity contribution in [3.05, 3.63) is 24.3 Å². The number of ketones is 2. The van der Waals surface area contributed by atoms with Gasteiger partial charge in [-0.25, -0.2) is 4.57 Å². The molecular formula is C49H94NO8P. The molecule has 0 radical (unpaired) electrons. The van der Waals surface area contributed by atoms with Gasteiger partial charge in [-0.2, -0.15) is 0 Å². The molecule has 0 bridgehead atoms. The van der Waals surface area contributed by atoms with Gasteiger partial charge in [0, 0.05) is 19.4 Å². The van der Waals surface area contributed by atoms with Crippen molar-refractivity contribution in [2.45, 2.75) is 257 Å². The van der Waals surface area contributed by atoms with Crippen LogP contribution in [-0.2, 0) is 23.2 Å². The molecule has 0 aliphatic carbocycles. The lowest BCUT2D eigenvalue weighted by Crippen LogP contribution is -2.58. The first-order chi connectivity index (χ1) is 28.7. The summed E-state index contributed by atoms with van der Waals surface area (Å²) < 4.78 is 23.1. The highest BCUT2D eigenvalue weighted by molar-refractivity contribution is 7.47. The topological polar surface area (TPSA) is 156 Å². The molecule has 2 atom stereocenters. The summed E-state index contributed by atoms with van der Waals surface area (Å²) in [5.74, 6) is -1.60. The maximum absolute atomic E-state index is 13.7. The monoisotopic (exact) mass is 856 g/mol. The molecule has 0 saturated heterocycles. The molecule has 0 aromatic carbocycles. The van der Waals surface area contributed by atoms with Crippen molar-refractivity contribution in [3.8, 4) is 0 Å². The average Bonchev–Trinajstić information content (AvgIpc) is 3.23. The summed E-state index contributed by atoms with van der Waals surface area (Å²) in [7, 11) is -4.96. The SMILES string of the molecule is CCCCCCCC/C=C\CCCCCCCCCCCC(=O)C(OP(=O)(O)OCCN)(C(=O)CCCCCCCCCCC/C=C\CCCCCCCC)[C@@H](O)CO. The molecule has 348 valence electrons. The summed E-state index contributed by atoms with van der Waals surface area (Å²) in [4.78, 5) is 37.9. The van der Waals surface area contributed by atoms with E-state index in [2.05, 4.69) is 38.2 Å². The summed E-state index contributed by atoms with van der Waals surface area (Å²) in [6.07, 6.45) is 46.2. The van der Waals surface area contributed by atoms with E-state index in [0.717, 1.165) is 64.2 Å². The lowest BCUT2D eigenvalue weighted by molar-refractivity contribution is -0.164. The summed E-state index contributed by atoms with van der Waals surface area (Å²) >= 11 is 0. The van der Waals surface area contributed by atoms with Gasteiger partial charge in [0.2, 0.25) is 5.60 Å². The number of aliphatic hydroxyl groups is 2. The first kappa shape index (κ1) is 57.8. The highest BCUT2D eigenvalue weighted by Gasteiger charge is 2.55. The number of unbranched alkanes of at least 4 members (excludes halogenated alkanes) is 30. The van der Waals surface area contributed by atoms with Crippen molar-refractivity contribution >= 4 is 19.4 Å². The Morgan fingerprint density at radius 3 is 1.12 bits per heavy atom. The Morgan fingerprint density at radius 2 is 0.831 bits per heavy atom. The summed E-state index contributed by atoms with van der Waals surface area (Å²) in [6, 6.07) is 0. The molecule has 0 aliphatic rings. The Labute approximate surface area is 363 Å². The molecule has 0 amide bonds. The molecule has 0 aliphatic heterocycles. The van der Waals surface area contributed by atoms with Gasteiger partial charge in [-0.05, 0) is 64.2 Å². The van der Waals surface area contributed by atoms with Crippen molar-refractivity contribution < 1.29 is 38.3 Å².